The Morgan fingerprint density at radius 3 is 1.67 bits per heavy atom. The second-order valence-electron chi connectivity index (χ2n) is 7.51. The van der Waals surface area contributed by atoms with Crippen LogP contribution in [0.1, 0.15) is 27.7 Å². The first kappa shape index (κ1) is 15.5. The maximum Gasteiger partial charge on any atom is 0.497 e. The number of hydrogen-bond donors (Lipinski definition) is 1. The molecule has 24 heavy (non-hydrogen) atoms. The summed E-state index contributed by atoms with van der Waals surface area (Å²) in [6, 6.07) is 16.5. The summed E-state index contributed by atoms with van der Waals surface area (Å²) in [4.78, 5) is 0. The molecule has 0 spiro atoms. The van der Waals surface area contributed by atoms with Crippen molar-refractivity contribution in [2.75, 3.05) is 5.73 Å². The monoisotopic (exact) mass is 319 g/mol. The molecular formula is C20H22BNO2. The summed E-state index contributed by atoms with van der Waals surface area (Å²) in [5.41, 5.74) is 7.47. The van der Waals surface area contributed by atoms with Gasteiger partial charge in [-0.1, -0.05) is 48.5 Å². The highest BCUT2D eigenvalue weighted by Gasteiger charge is 2.52. The highest BCUT2D eigenvalue weighted by molar-refractivity contribution is 6.68. The van der Waals surface area contributed by atoms with Gasteiger partial charge >= 0.3 is 7.12 Å². The fraction of sp³-hybridized carbons (Fsp3) is 0.300. The lowest BCUT2D eigenvalue weighted by molar-refractivity contribution is 0.00578. The van der Waals surface area contributed by atoms with Crippen LogP contribution >= 0.6 is 0 Å². The van der Waals surface area contributed by atoms with E-state index in [4.69, 9.17) is 15.0 Å². The van der Waals surface area contributed by atoms with E-state index in [1.807, 2.05) is 18.2 Å². The zero-order chi connectivity index (χ0) is 17.1. The molecule has 1 fully saturated rings. The molecule has 0 aromatic heterocycles. The number of hydrogen-bond acceptors (Lipinski definition) is 3. The van der Waals surface area contributed by atoms with Crippen LogP contribution in [0.15, 0.2) is 48.5 Å². The third kappa shape index (κ3) is 2.07. The van der Waals surface area contributed by atoms with E-state index < -0.39 is 18.3 Å². The van der Waals surface area contributed by atoms with Gasteiger partial charge in [0.1, 0.15) is 0 Å². The van der Waals surface area contributed by atoms with E-state index in [0.717, 1.165) is 27.3 Å². The third-order valence-corrected chi connectivity index (χ3v) is 5.50. The molecule has 1 aliphatic rings. The molecular weight excluding hydrogens is 297 g/mol. The quantitative estimate of drug-likeness (QED) is 0.421. The van der Waals surface area contributed by atoms with Crippen LogP contribution in [0.3, 0.4) is 0 Å². The van der Waals surface area contributed by atoms with Gasteiger partial charge in [0.2, 0.25) is 0 Å². The summed E-state index contributed by atoms with van der Waals surface area (Å²) >= 11 is 0. The molecule has 0 bridgehead atoms. The Labute approximate surface area is 142 Å². The van der Waals surface area contributed by atoms with Crippen LogP contribution in [-0.4, -0.2) is 18.3 Å². The lowest BCUT2D eigenvalue weighted by Gasteiger charge is -2.32. The second-order valence-corrected chi connectivity index (χ2v) is 7.51. The van der Waals surface area contributed by atoms with Gasteiger partial charge in [-0.05, 0) is 43.9 Å². The fourth-order valence-electron chi connectivity index (χ4n) is 3.41. The zero-order valence-electron chi connectivity index (χ0n) is 14.6. The Balaban J connectivity index is 2.03. The molecule has 4 rings (SSSR count). The molecule has 2 N–H and O–H groups in total. The Morgan fingerprint density at radius 2 is 1.12 bits per heavy atom. The minimum atomic E-state index is -0.468. The zero-order valence-corrected chi connectivity index (χ0v) is 14.6. The number of nitrogen functional groups attached to an aromatic ring is 1. The normalized spacial score (nSPS) is 19.2. The smallest absolute Gasteiger partial charge is 0.399 e. The van der Waals surface area contributed by atoms with Crippen LogP contribution in [-0.2, 0) is 9.31 Å². The number of nitrogens with two attached hydrogens (primary N) is 1. The molecule has 0 unspecified atom stereocenters. The maximum absolute atomic E-state index is 6.58. The summed E-state index contributed by atoms with van der Waals surface area (Å²) in [5.74, 6) is 0. The topological polar surface area (TPSA) is 44.5 Å². The Kier molecular flexibility index (Phi) is 3.21. The molecule has 0 atom stereocenters. The van der Waals surface area contributed by atoms with E-state index in [1.165, 1.54) is 5.39 Å². The summed E-state index contributed by atoms with van der Waals surface area (Å²) in [5, 5.41) is 4.46. The van der Waals surface area contributed by atoms with Gasteiger partial charge in [-0.3, -0.25) is 0 Å². The first-order valence-electron chi connectivity index (χ1n) is 8.36. The average molecular weight is 319 g/mol. The van der Waals surface area contributed by atoms with Crippen molar-refractivity contribution in [2.45, 2.75) is 38.9 Å². The number of rotatable bonds is 1. The molecule has 1 heterocycles. The molecule has 122 valence electrons. The van der Waals surface area contributed by atoms with Crippen LogP contribution in [0.2, 0.25) is 0 Å². The number of fused-ring (bicyclic) bond motifs is 3. The maximum atomic E-state index is 6.58. The highest BCUT2D eigenvalue weighted by Crippen LogP contribution is 2.39. The fourth-order valence-corrected chi connectivity index (χ4v) is 3.41. The Hall–Kier alpha value is -2.04. The number of anilines is 1. The Morgan fingerprint density at radius 1 is 0.708 bits per heavy atom. The van der Waals surface area contributed by atoms with E-state index in [-0.39, 0.29) is 0 Å². The van der Waals surface area contributed by atoms with E-state index in [1.54, 1.807) is 0 Å². The number of benzene rings is 3. The van der Waals surface area contributed by atoms with Gasteiger partial charge in [0, 0.05) is 16.5 Å². The van der Waals surface area contributed by atoms with Crippen molar-refractivity contribution in [1.29, 1.82) is 0 Å². The molecule has 3 aromatic carbocycles. The largest absolute Gasteiger partial charge is 0.497 e. The van der Waals surface area contributed by atoms with E-state index in [0.29, 0.717) is 0 Å². The Bertz CT molecular complexity index is 933. The van der Waals surface area contributed by atoms with Crippen LogP contribution in [0.5, 0.6) is 0 Å². The highest BCUT2D eigenvalue weighted by atomic mass is 16.7. The predicted molar refractivity (Wildman–Crippen MR) is 102 cm³/mol. The van der Waals surface area contributed by atoms with Crippen LogP contribution in [0.4, 0.5) is 5.69 Å². The molecule has 1 aliphatic heterocycles. The van der Waals surface area contributed by atoms with Crippen molar-refractivity contribution in [3.8, 4) is 0 Å². The van der Waals surface area contributed by atoms with Gasteiger partial charge in [0.15, 0.2) is 0 Å². The molecule has 1 saturated heterocycles. The lowest BCUT2D eigenvalue weighted by Crippen LogP contribution is -2.41. The molecule has 0 saturated carbocycles. The summed E-state index contributed by atoms with van der Waals surface area (Å²) in [6.07, 6.45) is 0. The summed E-state index contributed by atoms with van der Waals surface area (Å²) < 4.78 is 12.6. The van der Waals surface area contributed by atoms with Gasteiger partial charge in [0.25, 0.3) is 0 Å². The van der Waals surface area contributed by atoms with Gasteiger partial charge < -0.3 is 15.0 Å². The van der Waals surface area contributed by atoms with Crippen LogP contribution in [0.25, 0.3) is 21.5 Å². The minimum absolute atomic E-state index is 0.392. The van der Waals surface area contributed by atoms with Crippen molar-refractivity contribution < 1.29 is 9.31 Å². The van der Waals surface area contributed by atoms with Crippen molar-refractivity contribution in [3.05, 3.63) is 48.5 Å². The second kappa shape index (κ2) is 4.98. The molecule has 4 heteroatoms. The van der Waals surface area contributed by atoms with Gasteiger partial charge in [-0.25, -0.2) is 0 Å². The van der Waals surface area contributed by atoms with Gasteiger partial charge in [0.05, 0.1) is 11.2 Å². The first-order chi connectivity index (χ1) is 11.3. The van der Waals surface area contributed by atoms with E-state index in [9.17, 15) is 0 Å². The summed E-state index contributed by atoms with van der Waals surface area (Å²) in [7, 11) is -0.468. The van der Waals surface area contributed by atoms with Gasteiger partial charge in [-0.2, -0.15) is 0 Å². The van der Waals surface area contributed by atoms with Crippen molar-refractivity contribution in [1.82, 2.24) is 0 Å². The van der Waals surface area contributed by atoms with Gasteiger partial charge in [-0.15, -0.1) is 0 Å². The lowest BCUT2D eigenvalue weighted by atomic mass is 9.73. The predicted octanol–water partition coefficient (Wildman–Crippen LogP) is 3.87. The van der Waals surface area contributed by atoms with E-state index in [2.05, 4.69) is 58.0 Å². The summed E-state index contributed by atoms with van der Waals surface area (Å²) in [6.45, 7) is 8.25. The first-order valence-corrected chi connectivity index (χ1v) is 8.36. The van der Waals surface area contributed by atoms with E-state index >= 15 is 0 Å². The van der Waals surface area contributed by atoms with Crippen LogP contribution < -0.4 is 11.2 Å². The standard InChI is InChI=1S/C20H22BNO2/c1-19(2)20(3,4)24-21(23-19)17-15-11-7-5-9-13(15)14-10-6-8-12-16(14)18(17)22/h5-12H,22H2,1-4H3. The SMILES string of the molecule is CC1(C)OB(c2c(N)c3ccccc3c3ccccc23)OC1(C)C. The average Bonchev–Trinajstić information content (AvgIpc) is 2.75. The van der Waals surface area contributed by atoms with Crippen LogP contribution in [0, 0.1) is 0 Å². The molecule has 0 aliphatic carbocycles. The molecule has 0 amide bonds. The minimum Gasteiger partial charge on any atom is -0.399 e. The molecule has 3 nitrogen and oxygen atoms in total. The van der Waals surface area contributed by atoms with Crippen molar-refractivity contribution in [2.24, 2.45) is 0 Å². The van der Waals surface area contributed by atoms with Crippen molar-refractivity contribution >= 4 is 39.8 Å². The van der Waals surface area contributed by atoms with Crippen molar-refractivity contribution in [3.63, 3.8) is 0 Å². The molecule has 3 aromatic rings. The molecule has 0 radical (unpaired) electrons. The third-order valence-electron chi connectivity index (χ3n) is 5.50.